The van der Waals surface area contributed by atoms with E-state index in [1.54, 1.807) is 7.05 Å². The number of sulfonamides is 1. The third-order valence-corrected chi connectivity index (χ3v) is 6.90. The molecule has 0 radical (unpaired) electrons. The van der Waals surface area contributed by atoms with Gasteiger partial charge in [-0.25, -0.2) is 16.8 Å². The standard InChI is InChI=1S/C14H27F3N4O4S2.HI/c1-11(6-9-26(3,22)23)20-13(18-2)19-10-12-4-7-21(8-5-12)27(24,25)14(15,16)17;/h11-12H,4-10H2,1-3H3,(H2,18,19,20);1H. The van der Waals surface area contributed by atoms with E-state index in [9.17, 15) is 30.0 Å². The van der Waals surface area contributed by atoms with Crippen molar-refractivity contribution in [3.63, 3.8) is 0 Å². The molecule has 1 unspecified atom stereocenters. The molecule has 0 saturated carbocycles. The van der Waals surface area contributed by atoms with Crippen molar-refractivity contribution in [1.82, 2.24) is 14.9 Å². The lowest BCUT2D eigenvalue weighted by molar-refractivity contribution is -0.0496. The van der Waals surface area contributed by atoms with E-state index in [-0.39, 0.29) is 54.8 Å². The molecule has 8 nitrogen and oxygen atoms in total. The van der Waals surface area contributed by atoms with Gasteiger partial charge in [-0.15, -0.1) is 24.0 Å². The Balaban J connectivity index is 0.00000729. The summed E-state index contributed by atoms with van der Waals surface area (Å²) >= 11 is 0. The molecular formula is C14H28F3IN4O4S2. The van der Waals surface area contributed by atoms with Crippen LogP contribution >= 0.6 is 24.0 Å². The minimum absolute atomic E-state index is 0. The van der Waals surface area contributed by atoms with E-state index in [0.717, 1.165) is 6.26 Å². The quantitative estimate of drug-likeness (QED) is 0.273. The number of hydrogen-bond donors (Lipinski definition) is 2. The number of guanidine groups is 1. The van der Waals surface area contributed by atoms with Crippen molar-refractivity contribution in [1.29, 1.82) is 0 Å². The van der Waals surface area contributed by atoms with Crippen molar-refractivity contribution in [2.45, 2.75) is 37.7 Å². The van der Waals surface area contributed by atoms with Crippen molar-refractivity contribution in [2.75, 3.05) is 38.7 Å². The summed E-state index contributed by atoms with van der Waals surface area (Å²) in [7, 11) is -6.77. The van der Waals surface area contributed by atoms with E-state index in [4.69, 9.17) is 0 Å². The molecular weight excluding hydrogens is 536 g/mol. The van der Waals surface area contributed by atoms with Crippen LogP contribution in [0.5, 0.6) is 0 Å². The minimum Gasteiger partial charge on any atom is -0.356 e. The topological polar surface area (TPSA) is 108 Å². The first-order valence-corrected chi connectivity index (χ1v) is 12.0. The van der Waals surface area contributed by atoms with Crippen molar-refractivity contribution in [3.05, 3.63) is 0 Å². The Morgan fingerprint density at radius 1 is 1.21 bits per heavy atom. The van der Waals surface area contributed by atoms with Gasteiger partial charge in [0.1, 0.15) is 9.84 Å². The number of alkyl halides is 3. The maximum Gasteiger partial charge on any atom is 0.511 e. The Labute approximate surface area is 181 Å². The van der Waals surface area contributed by atoms with Gasteiger partial charge in [0.05, 0.1) is 5.75 Å². The number of piperidine rings is 1. The lowest BCUT2D eigenvalue weighted by Crippen LogP contribution is -2.48. The second kappa shape index (κ2) is 11.2. The van der Waals surface area contributed by atoms with Crippen LogP contribution in [0.1, 0.15) is 26.2 Å². The molecule has 168 valence electrons. The van der Waals surface area contributed by atoms with Crippen molar-refractivity contribution in [3.8, 4) is 0 Å². The van der Waals surface area contributed by atoms with Gasteiger partial charge in [0.2, 0.25) is 0 Å². The van der Waals surface area contributed by atoms with Gasteiger partial charge in [-0.1, -0.05) is 0 Å². The smallest absolute Gasteiger partial charge is 0.356 e. The van der Waals surface area contributed by atoms with Crippen LogP contribution in [0.25, 0.3) is 0 Å². The maximum absolute atomic E-state index is 12.6. The number of rotatable bonds is 7. The zero-order valence-electron chi connectivity index (χ0n) is 16.0. The van der Waals surface area contributed by atoms with Gasteiger partial charge in [0.25, 0.3) is 0 Å². The summed E-state index contributed by atoms with van der Waals surface area (Å²) in [6.45, 7) is 1.90. The molecule has 0 aromatic heterocycles. The van der Waals surface area contributed by atoms with Crippen molar-refractivity contribution < 1.29 is 30.0 Å². The molecule has 0 aromatic rings. The fraction of sp³-hybridized carbons (Fsp3) is 0.929. The highest BCUT2D eigenvalue weighted by Gasteiger charge is 2.50. The van der Waals surface area contributed by atoms with Gasteiger partial charge in [0, 0.05) is 39.0 Å². The first kappa shape index (κ1) is 27.6. The highest BCUT2D eigenvalue weighted by atomic mass is 127. The maximum atomic E-state index is 12.6. The molecule has 14 heteroatoms. The molecule has 1 rings (SSSR count). The number of nitrogens with zero attached hydrogens (tertiary/aromatic N) is 2. The highest BCUT2D eigenvalue weighted by molar-refractivity contribution is 14.0. The first-order valence-electron chi connectivity index (χ1n) is 8.47. The lowest BCUT2D eigenvalue weighted by atomic mass is 9.98. The summed E-state index contributed by atoms with van der Waals surface area (Å²) in [4.78, 5) is 4.03. The van der Waals surface area contributed by atoms with Gasteiger partial charge in [-0.3, -0.25) is 4.99 Å². The molecule has 0 spiro atoms. The molecule has 1 heterocycles. The zero-order valence-corrected chi connectivity index (χ0v) is 20.0. The van der Waals surface area contributed by atoms with Crippen LogP contribution < -0.4 is 10.6 Å². The summed E-state index contributed by atoms with van der Waals surface area (Å²) in [6, 6.07) is -0.135. The second-order valence-corrected chi connectivity index (χ2v) is 10.9. The van der Waals surface area contributed by atoms with Crippen molar-refractivity contribution in [2.24, 2.45) is 10.9 Å². The molecule has 1 fully saturated rings. The Kier molecular flexibility index (Phi) is 11.0. The molecule has 0 bridgehead atoms. The molecule has 0 aliphatic carbocycles. The van der Waals surface area contributed by atoms with E-state index in [2.05, 4.69) is 15.6 Å². The van der Waals surface area contributed by atoms with Crippen LogP contribution in [0.2, 0.25) is 0 Å². The van der Waals surface area contributed by atoms with E-state index in [0.29, 0.717) is 36.1 Å². The van der Waals surface area contributed by atoms with E-state index < -0.39 is 25.4 Å². The zero-order chi connectivity index (χ0) is 20.9. The van der Waals surface area contributed by atoms with Crippen LogP contribution in [-0.2, 0) is 19.9 Å². The number of hydrogen-bond acceptors (Lipinski definition) is 5. The fourth-order valence-electron chi connectivity index (χ4n) is 2.63. The molecule has 0 amide bonds. The normalized spacial score (nSPS) is 19.0. The van der Waals surface area contributed by atoms with Crippen LogP contribution in [0, 0.1) is 5.92 Å². The van der Waals surface area contributed by atoms with Gasteiger partial charge in [-0.2, -0.15) is 17.5 Å². The van der Waals surface area contributed by atoms with Crippen LogP contribution in [0.15, 0.2) is 4.99 Å². The number of sulfone groups is 1. The third kappa shape index (κ3) is 8.98. The summed E-state index contributed by atoms with van der Waals surface area (Å²) in [5, 5.41) is 6.10. The fourth-order valence-corrected chi connectivity index (χ4v) is 4.40. The molecule has 1 atom stereocenters. The minimum atomic E-state index is -5.27. The van der Waals surface area contributed by atoms with E-state index in [1.165, 1.54) is 0 Å². The molecule has 28 heavy (non-hydrogen) atoms. The molecule has 2 N–H and O–H groups in total. The highest BCUT2D eigenvalue weighted by Crippen LogP contribution is 2.30. The van der Waals surface area contributed by atoms with Gasteiger partial charge >= 0.3 is 15.5 Å². The summed E-state index contributed by atoms with van der Waals surface area (Å²) in [5.74, 6) is 0.514. The number of halogens is 4. The number of nitrogens with one attached hydrogen (secondary N) is 2. The van der Waals surface area contributed by atoms with E-state index >= 15 is 0 Å². The monoisotopic (exact) mass is 564 g/mol. The van der Waals surface area contributed by atoms with Gasteiger partial charge < -0.3 is 10.6 Å². The summed E-state index contributed by atoms with van der Waals surface area (Å²) in [6.07, 6.45) is 2.19. The summed E-state index contributed by atoms with van der Waals surface area (Å²) in [5.41, 5.74) is -5.27. The largest absolute Gasteiger partial charge is 0.511 e. The SMILES string of the molecule is CN=C(NCC1CCN(S(=O)(=O)C(F)(F)F)CC1)NC(C)CCS(C)(=O)=O.I. The van der Waals surface area contributed by atoms with Gasteiger partial charge in [0.15, 0.2) is 5.96 Å². The van der Waals surface area contributed by atoms with Crippen molar-refractivity contribution >= 4 is 49.8 Å². The third-order valence-electron chi connectivity index (χ3n) is 4.29. The van der Waals surface area contributed by atoms with Gasteiger partial charge in [-0.05, 0) is 32.1 Å². The van der Waals surface area contributed by atoms with Crippen LogP contribution in [0.4, 0.5) is 13.2 Å². The summed E-state index contributed by atoms with van der Waals surface area (Å²) < 4.78 is 83.4. The predicted octanol–water partition coefficient (Wildman–Crippen LogP) is 1.15. The second-order valence-electron chi connectivity index (χ2n) is 6.71. The predicted molar refractivity (Wildman–Crippen MR) is 113 cm³/mol. The Hall–Kier alpha value is -0.350. The van der Waals surface area contributed by atoms with Crippen LogP contribution in [0.3, 0.4) is 0 Å². The van der Waals surface area contributed by atoms with Crippen LogP contribution in [-0.4, -0.2) is 77.3 Å². The molecule has 1 saturated heterocycles. The lowest BCUT2D eigenvalue weighted by Gasteiger charge is -2.32. The Morgan fingerprint density at radius 2 is 1.75 bits per heavy atom. The van der Waals surface area contributed by atoms with E-state index in [1.807, 2.05) is 6.92 Å². The number of aliphatic imine (C=N–C) groups is 1. The average molecular weight is 564 g/mol. The average Bonchev–Trinajstić information content (AvgIpc) is 2.55. The Bertz CT molecular complexity index is 721. The molecule has 1 aliphatic rings. The molecule has 1 aliphatic heterocycles. The first-order chi connectivity index (χ1) is 12.3. The molecule has 0 aromatic carbocycles. The Morgan fingerprint density at radius 3 is 2.18 bits per heavy atom.